The molecule has 2 aromatic carbocycles. The number of hydrogen-bond acceptors (Lipinski definition) is 2. The number of benzene rings is 2. The Morgan fingerprint density at radius 3 is 2.44 bits per heavy atom. The minimum atomic E-state index is -1.14. The summed E-state index contributed by atoms with van der Waals surface area (Å²) in [4.78, 5) is 26.5. The van der Waals surface area contributed by atoms with E-state index in [1.165, 1.54) is 11.0 Å². The lowest BCUT2D eigenvalue weighted by Crippen LogP contribution is -2.46. The van der Waals surface area contributed by atoms with Crippen molar-refractivity contribution >= 4 is 11.9 Å². The molecule has 2 atom stereocenters. The van der Waals surface area contributed by atoms with Gasteiger partial charge in [-0.25, -0.2) is 8.78 Å². The van der Waals surface area contributed by atoms with Gasteiger partial charge in [0, 0.05) is 23.2 Å². The summed E-state index contributed by atoms with van der Waals surface area (Å²) in [6.07, 6.45) is 1.50. The molecule has 0 aromatic heterocycles. The monoisotopic (exact) mass is 343 g/mol. The van der Waals surface area contributed by atoms with E-state index in [0.29, 0.717) is 11.1 Å². The molecule has 2 aromatic rings. The van der Waals surface area contributed by atoms with E-state index in [1.807, 2.05) is 0 Å². The van der Waals surface area contributed by atoms with Crippen molar-refractivity contribution in [2.75, 3.05) is 0 Å². The molecule has 0 bridgehead atoms. The largest absolute Gasteiger partial charge is 0.481 e. The predicted molar refractivity (Wildman–Crippen MR) is 85.1 cm³/mol. The van der Waals surface area contributed by atoms with Gasteiger partial charge >= 0.3 is 5.97 Å². The molecule has 2 aliphatic rings. The van der Waals surface area contributed by atoms with Gasteiger partial charge in [-0.05, 0) is 30.5 Å². The number of carboxylic acids is 1. The van der Waals surface area contributed by atoms with E-state index >= 15 is 0 Å². The molecule has 4 rings (SSSR count). The Labute approximate surface area is 142 Å². The van der Waals surface area contributed by atoms with Crippen LogP contribution >= 0.6 is 0 Å². The van der Waals surface area contributed by atoms with E-state index in [9.17, 15) is 23.5 Å². The Hall–Kier alpha value is -2.76. The van der Waals surface area contributed by atoms with Crippen molar-refractivity contribution < 1.29 is 23.5 Å². The van der Waals surface area contributed by atoms with Crippen LogP contribution in [-0.4, -0.2) is 27.9 Å². The van der Waals surface area contributed by atoms with Gasteiger partial charge < -0.3 is 10.0 Å². The highest BCUT2D eigenvalue weighted by Gasteiger charge is 2.49. The van der Waals surface area contributed by atoms with Crippen LogP contribution in [0.3, 0.4) is 0 Å². The second-order valence-corrected chi connectivity index (χ2v) is 6.46. The number of aliphatic carboxylic acids is 1. The molecule has 1 fully saturated rings. The standard InChI is InChI=1S/C19H15F2NO3/c20-10-5-8-14(15(21)9-10)17-16(19(24)25)12-3-1-2-4-13(12)18(23)22(17)11-6-7-11/h1-5,8-9,11,16-17H,6-7H2,(H,24,25). The van der Waals surface area contributed by atoms with Gasteiger partial charge in [0.25, 0.3) is 5.91 Å². The maximum Gasteiger partial charge on any atom is 0.313 e. The van der Waals surface area contributed by atoms with E-state index in [1.54, 1.807) is 24.3 Å². The highest BCUT2D eigenvalue weighted by Crippen LogP contribution is 2.48. The van der Waals surface area contributed by atoms with E-state index in [0.717, 1.165) is 25.0 Å². The van der Waals surface area contributed by atoms with Crippen molar-refractivity contribution in [3.63, 3.8) is 0 Å². The molecular weight excluding hydrogens is 328 g/mol. The highest BCUT2D eigenvalue weighted by atomic mass is 19.1. The molecule has 2 unspecified atom stereocenters. The smallest absolute Gasteiger partial charge is 0.313 e. The Balaban J connectivity index is 1.95. The highest BCUT2D eigenvalue weighted by molar-refractivity contribution is 6.00. The van der Waals surface area contributed by atoms with Gasteiger partial charge in [-0.15, -0.1) is 0 Å². The van der Waals surface area contributed by atoms with Crippen molar-refractivity contribution in [3.05, 3.63) is 70.8 Å². The molecule has 128 valence electrons. The normalized spacial score (nSPS) is 22.6. The number of amides is 1. The minimum absolute atomic E-state index is 0.0311. The van der Waals surface area contributed by atoms with Crippen molar-refractivity contribution in [1.29, 1.82) is 0 Å². The van der Waals surface area contributed by atoms with Crippen molar-refractivity contribution in [1.82, 2.24) is 4.90 Å². The van der Waals surface area contributed by atoms with Gasteiger partial charge in [-0.1, -0.05) is 24.3 Å². The van der Waals surface area contributed by atoms with Gasteiger partial charge in [-0.2, -0.15) is 0 Å². The summed E-state index contributed by atoms with van der Waals surface area (Å²) < 4.78 is 27.8. The van der Waals surface area contributed by atoms with Crippen molar-refractivity contribution in [2.45, 2.75) is 30.8 Å². The number of fused-ring (bicyclic) bond motifs is 1. The topological polar surface area (TPSA) is 57.6 Å². The van der Waals surface area contributed by atoms with E-state index in [-0.39, 0.29) is 17.5 Å². The summed E-state index contributed by atoms with van der Waals surface area (Å²) in [5.74, 6) is -4.12. The first-order valence-electron chi connectivity index (χ1n) is 8.08. The molecule has 1 N–H and O–H groups in total. The fourth-order valence-electron chi connectivity index (χ4n) is 3.64. The molecule has 6 heteroatoms. The Morgan fingerprint density at radius 2 is 1.80 bits per heavy atom. The molecule has 25 heavy (non-hydrogen) atoms. The third-order valence-electron chi connectivity index (χ3n) is 4.86. The SMILES string of the molecule is O=C(O)C1c2ccccc2C(=O)N(C2CC2)C1c1ccc(F)cc1F. The molecular formula is C19H15F2NO3. The average molecular weight is 343 g/mol. The summed E-state index contributed by atoms with van der Waals surface area (Å²) in [5, 5.41) is 9.83. The second-order valence-electron chi connectivity index (χ2n) is 6.46. The van der Waals surface area contributed by atoms with E-state index in [2.05, 4.69) is 0 Å². The lowest BCUT2D eigenvalue weighted by molar-refractivity contribution is -0.140. The molecule has 1 heterocycles. The second kappa shape index (κ2) is 5.65. The van der Waals surface area contributed by atoms with Crippen LogP contribution in [-0.2, 0) is 4.79 Å². The number of carbonyl (C=O) groups excluding carboxylic acids is 1. The molecule has 1 saturated carbocycles. The lowest BCUT2D eigenvalue weighted by Gasteiger charge is -2.41. The van der Waals surface area contributed by atoms with Crippen LogP contribution in [0.4, 0.5) is 8.78 Å². The van der Waals surface area contributed by atoms with Gasteiger partial charge in [0.15, 0.2) is 0 Å². The molecule has 1 aliphatic heterocycles. The van der Waals surface area contributed by atoms with Crippen LogP contribution in [0.25, 0.3) is 0 Å². The number of halogens is 2. The first-order valence-corrected chi connectivity index (χ1v) is 8.08. The number of hydrogen-bond donors (Lipinski definition) is 1. The van der Waals surface area contributed by atoms with Crippen LogP contribution in [0.1, 0.15) is 46.3 Å². The zero-order valence-electron chi connectivity index (χ0n) is 13.2. The maximum absolute atomic E-state index is 14.5. The molecule has 1 amide bonds. The molecule has 0 spiro atoms. The number of carboxylic acid groups (broad SMARTS) is 1. The van der Waals surface area contributed by atoms with Crippen LogP contribution in [0.2, 0.25) is 0 Å². The predicted octanol–water partition coefficient (Wildman–Crippen LogP) is 3.49. The summed E-state index contributed by atoms with van der Waals surface area (Å²) in [7, 11) is 0. The zero-order valence-corrected chi connectivity index (χ0v) is 13.2. The van der Waals surface area contributed by atoms with Gasteiger partial charge in [0.2, 0.25) is 0 Å². The molecule has 4 nitrogen and oxygen atoms in total. The summed E-state index contributed by atoms with van der Waals surface area (Å²) >= 11 is 0. The van der Waals surface area contributed by atoms with Crippen LogP contribution in [0.15, 0.2) is 42.5 Å². The lowest BCUT2D eigenvalue weighted by atomic mass is 9.79. The fourth-order valence-corrected chi connectivity index (χ4v) is 3.64. The average Bonchev–Trinajstić information content (AvgIpc) is 3.39. The van der Waals surface area contributed by atoms with Crippen molar-refractivity contribution in [3.8, 4) is 0 Å². The zero-order chi connectivity index (χ0) is 17.7. The Kier molecular flexibility index (Phi) is 3.56. The third-order valence-corrected chi connectivity index (χ3v) is 4.86. The van der Waals surface area contributed by atoms with Crippen LogP contribution in [0.5, 0.6) is 0 Å². The first-order chi connectivity index (χ1) is 12.0. The molecule has 0 saturated heterocycles. The van der Waals surface area contributed by atoms with Gasteiger partial charge in [0.1, 0.15) is 17.6 Å². The van der Waals surface area contributed by atoms with E-state index < -0.39 is 29.6 Å². The van der Waals surface area contributed by atoms with Crippen LogP contribution < -0.4 is 0 Å². The molecule has 0 radical (unpaired) electrons. The number of carbonyl (C=O) groups is 2. The Morgan fingerprint density at radius 1 is 1.08 bits per heavy atom. The number of nitrogens with zero attached hydrogens (tertiary/aromatic N) is 1. The fraction of sp³-hybridized carbons (Fsp3) is 0.263. The summed E-state index contributed by atoms with van der Waals surface area (Å²) in [6.45, 7) is 0. The summed E-state index contributed by atoms with van der Waals surface area (Å²) in [6, 6.07) is 8.47. The van der Waals surface area contributed by atoms with E-state index in [4.69, 9.17) is 0 Å². The first kappa shape index (κ1) is 15.7. The van der Waals surface area contributed by atoms with Gasteiger partial charge in [0.05, 0.1) is 6.04 Å². The maximum atomic E-state index is 14.5. The quantitative estimate of drug-likeness (QED) is 0.928. The van der Waals surface area contributed by atoms with Crippen molar-refractivity contribution in [2.24, 2.45) is 0 Å². The summed E-state index contributed by atoms with van der Waals surface area (Å²) in [5.41, 5.74) is 0.731. The molecule has 1 aliphatic carbocycles. The van der Waals surface area contributed by atoms with Crippen LogP contribution in [0, 0.1) is 11.6 Å². The van der Waals surface area contributed by atoms with Gasteiger partial charge in [-0.3, -0.25) is 9.59 Å². The number of rotatable bonds is 3. The minimum Gasteiger partial charge on any atom is -0.481 e. The third kappa shape index (κ3) is 2.49. The Bertz CT molecular complexity index is 879.